The van der Waals surface area contributed by atoms with E-state index in [0.29, 0.717) is 11.8 Å². The van der Waals surface area contributed by atoms with Crippen molar-refractivity contribution < 1.29 is 0 Å². The Labute approximate surface area is 219 Å². The number of hydrogen-bond donors (Lipinski definition) is 0. The predicted octanol–water partition coefficient (Wildman–Crippen LogP) is 7.47. The van der Waals surface area contributed by atoms with Crippen LogP contribution in [0.2, 0.25) is 0 Å². The second-order valence-corrected chi connectivity index (χ2v) is 13.4. The summed E-state index contributed by atoms with van der Waals surface area (Å²) < 4.78 is 0. The van der Waals surface area contributed by atoms with Crippen LogP contribution in [-0.2, 0) is 10.8 Å². The minimum Gasteiger partial charge on any atom is -0.321 e. The minimum atomic E-state index is 0.0948. The zero-order valence-electron chi connectivity index (χ0n) is 24.1. The molecule has 2 heterocycles. The molecule has 0 fully saturated rings. The SMILES string of the molecule is CC(C)C1CN(c2cccc(C(C)(C)C)c2)C(C2=NC(C(C)C)CN2c2cccc(C(C)(C)C)c2)=N1. The van der Waals surface area contributed by atoms with Gasteiger partial charge in [0, 0.05) is 24.5 Å². The Morgan fingerprint density at radius 1 is 0.639 bits per heavy atom. The highest BCUT2D eigenvalue weighted by molar-refractivity contribution is 6.50. The maximum Gasteiger partial charge on any atom is 0.172 e. The van der Waals surface area contributed by atoms with Gasteiger partial charge in [0.15, 0.2) is 11.7 Å². The molecule has 2 aliphatic heterocycles. The van der Waals surface area contributed by atoms with Gasteiger partial charge in [0.1, 0.15) is 0 Å². The molecule has 4 rings (SSSR count). The molecule has 36 heavy (non-hydrogen) atoms. The second kappa shape index (κ2) is 9.68. The van der Waals surface area contributed by atoms with Crippen molar-refractivity contribution in [2.45, 2.75) is 92.2 Å². The van der Waals surface area contributed by atoms with Crippen LogP contribution < -0.4 is 9.80 Å². The van der Waals surface area contributed by atoms with Gasteiger partial charge < -0.3 is 9.80 Å². The Bertz CT molecular complexity index is 1050. The lowest BCUT2D eigenvalue weighted by molar-refractivity contribution is 0.521. The molecule has 0 spiro atoms. The molecular weight excluding hydrogens is 440 g/mol. The fourth-order valence-corrected chi connectivity index (χ4v) is 4.89. The van der Waals surface area contributed by atoms with Crippen molar-refractivity contribution in [1.82, 2.24) is 0 Å². The largest absolute Gasteiger partial charge is 0.321 e. The van der Waals surface area contributed by atoms with E-state index in [1.54, 1.807) is 0 Å². The van der Waals surface area contributed by atoms with E-state index in [4.69, 9.17) is 9.98 Å². The normalized spacial score (nSPS) is 21.0. The quantitative estimate of drug-likeness (QED) is 0.439. The van der Waals surface area contributed by atoms with E-state index in [1.807, 2.05) is 0 Å². The summed E-state index contributed by atoms with van der Waals surface area (Å²) in [7, 11) is 0. The van der Waals surface area contributed by atoms with E-state index in [2.05, 4.69) is 128 Å². The Morgan fingerprint density at radius 3 is 1.31 bits per heavy atom. The predicted molar refractivity (Wildman–Crippen MR) is 157 cm³/mol. The molecular formula is C32H46N4. The number of nitrogens with zero attached hydrogens (tertiary/aromatic N) is 4. The van der Waals surface area contributed by atoms with Gasteiger partial charge in [0.25, 0.3) is 0 Å². The molecule has 194 valence electrons. The highest BCUT2D eigenvalue weighted by Crippen LogP contribution is 2.34. The molecule has 0 N–H and O–H groups in total. The Balaban J connectivity index is 1.80. The van der Waals surface area contributed by atoms with E-state index >= 15 is 0 Å². The van der Waals surface area contributed by atoms with Crippen LogP contribution in [0.5, 0.6) is 0 Å². The van der Waals surface area contributed by atoms with Crippen molar-refractivity contribution in [3.63, 3.8) is 0 Å². The molecule has 2 atom stereocenters. The average Bonchev–Trinajstić information content (AvgIpc) is 3.43. The van der Waals surface area contributed by atoms with Gasteiger partial charge in [-0.3, -0.25) is 9.98 Å². The second-order valence-electron chi connectivity index (χ2n) is 13.4. The molecule has 0 radical (unpaired) electrons. The van der Waals surface area contributed by atoms with Gasteiger partial charge in [0.2, 0.25) is 0 Å². The summed E-state index contributed by atoms with van der Waals surface area (Å²) in [5.41, 5.74) is 5.30. The number of benzene rings is 2. The topological polar surface area (TPSA) is 31.2 Å². The first-order valence-electron chi connectivity index (χ1n) is 13.7. The fraction of sp³-hybridized carbons (Fsp3) is 0.562. The average molecular weight is 487 g/mol. The van der Waals surface area contributed by atoms with Crippen molar-refractivity contribution in [3.05, 3.63) is 59.7 Å². The number of rotatable bonds is 5. The third kappa shape index (κ3) is 5.38. The summed E-state index contributed by atoms with van der Waals surface area (Å²) in [4.78, 5) is 15.5. The van der Waals surface area contributed by atoms with E-state index in [9.17, 15) is 0 Å². The molecule has 0 aromatic heterocycles. The lowest BCUT2D eigenvalue weighted by Crippen LogP contribution is -2.42. The molecule has 2 aliphatic rings. The van der Waals surface area contributed by atoms with Crippen LogP contribution in [0.3, 0.4) is 0 Å². The van der Waals surface area contributed by atoms with Crippen LogP contribution in [0.1, 0.15) is 80.4 Å². The van der Waals surface area contributed by atoms with Crippen LogP contribution in [0, 0.1) is 11.8 Å². The molecule has 0 saturated heterocycles. The van der Waals surface area contributed by atoms with E-state index in [0.717, 1.165) is 24.8 Å². The number of amidine groups is 2. The van der Waals surface area contributed by atoms with Gasteiger partial charge >= 0.3 is 0 Å². The summed E-state index contributed by atoms with van der Waals surface area (Å²) >= 11 is 0. The highest BCUT2D eigenvalue weighted by Gasteiger charge is 2.38. The van der Waals surface area contributed by atoms with Crippen molar-refractivity contribution >= 4 is 23.0 Å². The zero-order chi connectivity index (χ0) is 26.4. The van der Waals surface area contributed by atoms with Gasteiger partial charge in [-0.05, 0) is 58.1 Å². The fourth-order valence-electron chi connectivity index (χ4n) is 4.89. The molecule has 4 heteroatoms. The standard InChI is InChI=1S/C32H46N4/c1-21(2)27-19-35(25-15-11-13-23(17-25)31(5,6)7)29(33-27)30-34-28(22(3)4)20-36(30)26-16-12-14-24(18-26)32(8,9)10/h11-18,21-22,27-28H,19-20H2,1-10H3. The van der Waals surface area contributed by atoms with Crippen LogP contribution >= 0.6 is 0 Å². The maximum absolute atomic E-state index is 5.33. The van der Waals surface area contributed by atoms with Crippen LogP contribution in [0.25, 0.3) is 0 Å². The van der Waals surface area contributed by atoms with Crippen LogP contribution in [-0.4, -0.2) is 36.8 Å². The van der Waals surface area contributed by atoms with E-state index in [1.165, 1.54) is 22.5 Å². The van der Waals surface area contributed by atoms with Gasteiger partial charge in [-0.2, -0.15) is 0 Å². The third-order valence-corrected chi connectivity index (χ3v) is 7.61. The van der Waals surface area contributed by atoms with Crippen LogP contribution in [0.15, 0.2) is 58.5 Å². The van der Waals surface area contributed by atoms with Crippen LogP contribution in [0.4, 0.5) is 11.4 Å². The summed E-state index contributed by atoms with van der Waals surface area (Å²) in [6.45, 7) is 24.6. The number of anilines is 2. The van der Waals surface area contributed by atoms with Gasteiger partial charge in [-0.15, -0.1) is 0 Å². The lowest BCUT2D eigenvalue weighted by atomic mass is 9.86. The van der Waals surface area contributed by atoms with Gasteiger partial charge in [-0.1, -0.05) is 93.5 Å². The minimum absolute atomic E-state index is 0.0948. The van der Waals surface area contributed by atoms with Crippen molar-refractivity contribution in [3.8, 4) is 0 Å². The molecule has 0 bridgehead atoms. The summed E-state index contributed by atoms with van der Waals surface area (Å²) in [5, 5.41) is 0. The van der Waals surface area contributed by atoms with Gasteiger partial charge in [-0.25, -0.2) is 0 Å². The molecule has 4 nitrogen and oxygen atoms in total. The van der Waals surface area contributed by atoms with Crippen molar-refractivity contribution in [1.29, 1.82) is 0 Å². The summed E-state index contributed by atoms with van der Waals surface area (Å²) in [5.74, 6) is 2.97. The first-order chi connectivity index (χ1) is 16.8. The molecule has 0 amide bonds. The zero-order valence-corrected chi connectivity index (χ0v) is 24.1. The smallest absolute Gasteiger partial charge is 0.172 e. The molecule has 2 aromatic carbocycles. The molecule has 2 unspecified atom stereocenters. The lowest BCUT2D eigenvalue weighted by Gasteiger charge is -2.29. The van der Waals surface area contributed by atoms with E-state index < -0.39 is 0 Å². The number of aliphatic imine (C=N–C) groups is 2. The highest BCUT2D eigenvalue weighted by atomic mass is 15.4. The van der Waals surface area contributed by atoms with Gasteiger partial charge in [0.05, 0.1) is 12.1 Å². The maximum atomic E-state index is 5.33. The Kier molecular flexibility index (Phi) is 7.11. The first kappa shape index (κ1) is 26.4. The van der Waals surface area contributed by atoms with Crippen molar-refractivity contribution in [2.24, 2.45) is 21.8 Å². The summed E-state index contributed by atoms with van der Waals surface area (Å²) in [6, 6.07) is 18.5. The Hall–Kier alpha value is -2.62. The monoisotopic (exact) mass is 486 g/mol. The first-order valence-corrected chi connectivity index (χ1v) is 13.7. The van der Waals surface area contributed by atoms with Crippen molar-refractivity contribution in [2.75, 3.05) is 22.9 Å². The number of hydrogen-bond acceptors (Lipinski definition) is 4. The Morgan fingerprint density at radius 2 is 1.00 bits per heavy atom. The third-order valence-electron chi connectivity index (χ3n) is 7.61. The van der Waals surface area contributed by atoms with E-state index in [-0.39, 0.29) is 22.9 Å². The molecule has 0 saturated carbocycles. The molecule has 2 aromatic rings. The molecule has 0 aliphatic carbocycles. The summed E-state index contributed by atoms with van der Waals surface area (Å²) in [6.07, 6.45) is 0.